The molecule has 1 saturated heterocycles. The molecule has 2 rings (SSSR count). The molecule has 1 aliphatic heterocycles. The molecular weight excluding hydrogens is 294 g/mol. The SMILES string of the molecule is CC(C(=O)Nc1cccc(Br)c1)N1CCNCC1. The zero-order valence-corrected chi connectivity index (χ0v) is 12.0. The first-order valence-corrected chi connectivity index (χ1v) is 6.97. The molecule has 0 aliphatic carbocycles. The van der Waals surface area contributed by atoms with Gasteiger partial charge in [-0.1, -0.05) is 22.0 Å². The maximum absolute atomic E-state index is 12.1. The largest absolute Gasteiger partial charge is 0.325 e. The van der Waals surface area contributed by atoms with Crippen molar-refractivity contribution in [2.75, 3.05) is 31.5 Å². The summed E-state index contributed by atoms with van der Waals surface area (Å²) in [5.41, 5.74) is 0.830. The minimum Gasteiger partial charge on any atom is -0.325 e. The van der Waals surface area contributed by atoms with Crippen LogP contribution >= 0.6 is 15.9 Å². The molecule has 0 radical (unpaired) electrons. The lowest BCUT2D eigenvalue weighted by Gasteiger charge is -2.31. The van der Waals surface area contributed by atoms with Crippen molar-refractivity contribution in [1.82, 2.24) is 10.2 Å². The van der Waals surface area contributed by atoms with Crippen LogP contribution < -0.4 is 10.6 Å². The monoisotopic (exact) mass is 311 g/mol. The Kier molecular flexibility index (Phi) is 4.74. The van der Waals surface area contributed by atoms with E-state index in [0.717, 1.165) is 36.3 Å². The summed E-state index contributed by atoms with van der Waals surface area (Å²) in [7, 11) is 0. The van der Waals surface area contributed by atoms with Gasteiger partial charge >= 0.3 is 0 Å². The molecule has 1 aliphatic rings. The molecule has 5 heteroatoms. The maximum Gasteiger partial charge on any atom is 0.241 e. The van der Waals surface area contributed by atoms with Gasteiger partial charge in [0, 0.05) is 36.3 Å². The minimum atomic E-state index is -0.0916. The van der Waals surface area contributed by atoms with Crippen molar-refractivity contribution in [3.63, 3.8) is 0 Å². The van der Waals surface area contributed by atoms with Crippen LogP contribution in [0.15, 0.2) is 28.7 Å². The summed E-state index contributed by atoms with van der Waals surface area (Å²) < 4.78 is 0.968. The second-order valence-corrected chi connectivity index (χ2v) is 5.38. The molecule has 0 bridgehead atoms. The number of hydrogen-bond acceptors (Lipinski definition) is 3. The molecule has 0 aromatic heterocycles. The number of nitrogens with zero attached hydrogens (tertiary/aromatic N) is 1. The van der Waals surface area contributed by atoms with Crippen LogP contribution in [-0.4, -0.2) is 43.0 Å². The molecule has 18 heavy (non-hydrogen) atoms. The van der Waals surface area contributed by atoms with Crippen LogP contribution in [0.25, 0.3) is 0 Å². The van der Waals surface area contributed by atoms with Gasteiger partial charge in [0.05, 0.1) is 6.04 Å². The van der Waals surface area contributed by atoms with Gasteiger partial charge in [-0.05, 0) is 25.1 Å². The maximum atomic E-state index is 12.1. The zero-order valence-electron chi connectivity index (χ0n) is 10.4. The van der Waals surface area contributed by atoms with E-state index < -0.39 is 0 Å². The summed E-state index contributed by atoms with van der Waals surface area (Å²) >= 11 is 3.40. The number of carbonyl (C=O) groups excluding carboxylic acids is 1. The van der Waals surface area contributed by atoms with Crippen LogP contribution in [0.5, 0.6) is 0 Å². The lowest BCUT2D eigenvalue weighted by molar-refractivity contribution is -0.120. The Morgan fingerprint density at radius 2 is 2.17 bits per heavy atom. The van der Waals surface area contributed by atoms with Gasteiger partial charge in [0.15, 0.2) is 0 Å². The van der Waals surface area contributed by atoms with Gasteiger partial charge < -0.3 is 10.6 Å². The molecule has 1 fully saturated rings. The summed E-state index contributed by atoms with van der Waals surface area (Å²) in [5.74, 6) is 0.0509. The minimum absolute atomic E-state index is 0.0509. The molecule has 1 aromatic rings. The number of carbonyl (C=O) groups is 1. The zero-order chi connectivity index (χ0) is 13.0. The highest BCUT2D eigenvalue weighted by Crippen LogP contribution is 2.16. The Hall–Kier alpha value is -0.910. The second-order valence-electron chi connectivity index (χ2n) is 4.46. The molecular formula is C13H18BrN3O. The van der Waals surface area contributed by atoms with Crippen molar-refractivity contribution in [3.8, 4) is 0 Å². The van der Waals surface area contributed by atoms with Crippen LogP contribution in [0.4, 0.5) is 5.69 Å². The fraction of sp³-hybridized carbons (Fsp3) is 0.462. The van der Waals surface area contributed by atoms with Crippen molar-refractivity contribution in [2.24, 2.45) is 0 Å². The standard InChI is InChI=1S/C13H18BrN3O/c1-10(17-7-5-15-6-8-17)13(18)16-12-4-2-3-11(14)9-12/h2-4,9-10,15H,5-8H2,1H3,(H,16,18). The van der Waals surface area contributed by atoms with Crippen molar-refractivity contribution in [2.45, 2.75) is 13.0 Å². The van der Waals surface area contributed by atoms with E-state index in [1.54, 1.807) is 0 Å². The number of anilines is 1. The van der Waals surface area contributed by atoms with E-state index in [0.29, 0.717) is 0 Å². The van der Waals surface area contributed by atoms with Gasteiger partial charge in [0.1, 0.15) is 0 Å². The summed E-state index contributed by atoms with van der Waals surface area (Å²) in [6.07, 6.45) is 0. The molecule has 1 heterocycles. The van der Waals surface area contributed by atoms with Crippen molar-refractivity contribution >= 4 is 27.5 Å². The van der Waals surface area contributed by atoms with E-state index in [4.69, 9.17) is 0 Å². The Morgan fingerprint density at radius 1 is 1.44 bits per heavy atom. The molecule has 2 N–H and O–H groups in total. The number of halogens is 1. The van der Waals surface area contributed by atoms with E-state index in [1.807, 2.05) is 31.2 Å². The van der Waals surface area contributed by atoms with Gasteiger partial charge in [-0.15, -0.1) is 0 Å². The van der Waals surface area contributed by atoms with Gasteiger partial charge in [0.25, 0.3) is 0 Å². The summed E-state index contributed by atoms with van der Waals surface area (Å²) in [6.45, 7) is 5.71. The topological polar surface area (TPSA) is 44.4 Å². The Morgan fingerprint density at radius 3 is 2.83 bits per heavy atom. The highest BCUT2D eigenvalue weighted by atomic mass is 79.9. The average molecular weight is 312 g/mol. The van der Waals surface area contributed by atoms with Crippen LogP contribution in [0.3, 0.4) is 0 Å². The molecule has 98 valence electrons. The van der Waals surface area contributed by atoms with Crippen molar-refractivity contribution in [1.29, 1.82) is 0 Å². The first kappa shape index (κ1) is 13.5. The normalized spacial score (nSPS) is 18.3. The van der Waals surface area contributed by atoms with Gasteiger partial charge in [0.2, 0.25) is 5.91 Å². The third-order valence-corrected chi connectivity index (χ3v) is 3.66. The quantitative estimate of drug-likeness (QED) is 0.892. The molecule has 1 aromatic carbocycles. The first-order valence-electron chi connectivity index (χ1n) is 6.18. The Balaban J connectivity index is 1.94. The third-order valence-electron chi connectivity index (χ3n) is 3.17. The number of benzene rings is 1. The van der Waals surface area contributed by atoms with E-state index in [9.17, 15) is 4.79 Å². The number of piperazine rings is 1. The molecule has 1 unspecified atom stereocenters. The van der Waals surface area contributed by atoms with Crippen LogP contribution in [-0.2, 0) is 4.79 Å². The summed E-state index contributed by atoms with van der Waals surface area (Å²) in [5, 5.41) is 6.23. The van der Waals surface area contributed by atoms with Crippen LogP contribution in [0.1, 0.15) is 6.92 Å². The van der Waals surface area contributed by atoms with Crippen LogP contribution in [0.2, 0.25) is 0 Å². The molecule has 4 nitrogen and oxygen atoms in total. The predicted molar refractivity (Wildman–Crippen MR) is 76.7 cm³/mol. The van der Waals surface area contributed by atoms with E-state index in [2.05, 4.69) is 31.5 Å². The molecule has 1 atom stereocenters. The molecule has 0 saturated carbocycles. The molecule has 1 amide bonds. The second kappa shape index (κ2) is 6.31. The van der Waals surface area contributed by atoms with Gasteiger partial charge in [-0.3, -0.25) is 9.69 Å². The summed E-state index contributed by atoms with van der Waals surface area (Å²) in [4.78, 5) is 14.3. The van der Waals surface area contributed by atoms with Crippen molar-refractivity contribution < 1.29 is 4.79 Å². The van der Waals surface area contributed by atoms with E-state index >= 15 is 0 Å². The van der Waals surface area contributed by atoms with Gasteiger partial charge in [-0.25, -0.2) is 0 Å². The summed E-state index contributed by atoms with van der Waals surface area (Å²) in [6, 6.07) is 7.56. The molecule has 0 spiro atoms. The average Bonchev–Trinajstić information content (AvgIpc) is 2.39. The fourth-order valence-electron chi connectivity index (χ4n) is 2.05. The number of nitrogens with one attached hydrogen (secondary N) is 2. The predicted octanol–water partition coefficient (Wildman–Crippen LogP) is 1.68. The Labute approximate surface area is 116 Å². The highest BCUT2D eigenvalue weighted by Gasteiger charge is 2.22. The number of hydrogen-bond donors (Lipinski definition) is 2. The van der Waals surface area contributed by atoms with E-state index in [1.165, 1.54) is 0 Å². The smallest absolute Gasteiger partial charge is 0.241 e. The van der Waals surface area contributed by atoms with Crippen molar-refractivity contribution in [3.05, 3.63) is 28.7 Å². The number of rotatable bonds is 3. The van der Waals surface area contributed by atoms with E-state index in [-0.39, 0.29) is 11.9 Å². The third kappa shape index (κ3) is 3.54. The number of amides is 1. The van der Waals surface area contributed by atoms with Gasteiger partial charge in [-0.2, -0.15) is 0 Å². The van der Waals surface area contributed by atoms with Crippen LogP contribution in [0, 0.1) is 0 Å². The first-order chi connectivity index (χ1) is 8.66. The Bertz CT molecular complexity index is 418. The lowest BCUT2D eigenvalue weighted by Crippen LogP contribution is -2.51. The lowest BCUT2D eigenvalue weighted by atomic mass is 10.2. The fourth-order valence-corrected chi connectivity index (χ4v) is 2.45. The highest BCUT2D eigenvalue weighted by molar-refractivity contribution is 9.10.